The minimum absolute atomic E-state index is 0.217. The van der Waals surface area contributed by atoms with Crippen molar-refractivity contribution in [3.63, 3.8) is 0 Å². The van der Waals surface area contributed by atoms with Crippen LogP contribution in [-0.4, -0.2) is 29.2 Å². The van der Waals surface area contributed by atoms with Crippen LogP contribution in [0.5, 0.6) is 5.75 Å². The molecular formula is C30H29ClN2O3. The van der Waals surface area contributed by atoms with E-state index < -0.39 is 0 Å². The van der Waals surface area contributed by atoms with E-state index in [2.05, 4.69) is 52.8 Å². The van der Waals surface area contributed by atoms with Crippen LogP contribution < -0.4 is 4.74 Å². The monoisotopic (exact) mass is 500 g/mol. The second-order valence-corrected chi connectivity index (χ2v) is 8.72. The molecule has 0 unspecified atom stereocenters. The van der Waals surface area contributed by atoms with Crippen LogP contribution in [0.3, 0.4) is 0 Å². The Labute approximate surface area is 217 Å². The van der Waals surface area contributed by atoms with Gasteiger partial charge in [0.25, 0.3) is 0 Å². The Hall–Kier alpha value is -3.83. The fourth-order valence-electron chi connectivity index (χ4n) is 3.79. The third-order valence-corrected chi connectivity index (χ3v) is 6.08. The highest BCUT2D eigenvalue weighted by molar-refractivity contribution is 6.30. The average Bonchev–Trinajstić information content (AvgIpc) is 3.34. The van der Waals surface area contributed by atoms with Crippen LogP contribution in [0.2, 0.25) is 5.02 Å². The van der Waals surface area contributed by atoms with E-state index in [0.29, 0.717) is 24.5 Å². The molecule has 0 fully saturated rings. The topological polar surface area (TPSA) is 53.4 Å². The number of aryl methyl sites for hydroxylation is 1. The molecule has 0 amide bonds. The second kappa shape index (κ2) is 12.2. The molecule has 4 rings (SSSR count). The second-order valence-electron chi connectivity index (χ2n) is 8.29. The summed E-state index contributed by atoms with van der Waals surface area (Å²) >= 11 is 6.02. The largest absolute Gasteiger partial charge is 0.494 e. The lowest BCUT2D eigenvalue weighted by Crippen LogP contribution is -2.04. The standard InChI is InChI=1S/C30H29ClN2O3/c1-3-33-21-28(25-11-15-26(31)16-12-25)32-29(33)19-8-22-6-9-23(10-7-22)24-13-17-27(18-14-24)36-20-4-5-30(34)35-2/h6-19,21H,3-5,20H2,1-2H3/b19-8+. The molecule has 5 nitrogen and oxygen atoms in total. The van der Waals surface area contributed by atoms with Crippen LogP contribution >= 0.6 is 11.6 Å². The van der Waals surface area contributed by atoms with Gasteiger partial charge in [-0.2, -0.15) is 0 Å². The molecule has 1 heterocycles. The number of ether oxygens (including phenoxy) is 2. The zero-order chi connectivity index (χ0) is 25.3. The molecule has 0 aliphatic carbocycles. The van der Waals surface area contributed by atoms with Crippen molar-refractivity contribution in [1.82, 2.24) is 9.55 Å². The summed E-state index contributed by atoms with van der Waals surface area (Å²) < 4.78 is 12.5. The predicted octanol–water partition coefficient (Wildman–Crippen LogP) is 7.39. The van der Waals surface area contributed by atoms with Crippen molar-refractivity contribution in [2.24, 2.45) is 0 Å². The van der Waals surface area contributed by atoms with Gasteiger partial charge in [0, 0.05) is 29.7 Å². The fraction of sp³-hybridized carbons (Fsp3) is 0.200. The third-order valence-electron chi connectivity index (χ3n) is 5.83. The fourth-order valence-corrected chi connectivity index (χ4v) is 3.91. The summed E-state index contributed by atoms with van der Waals surface area (Å²) in [6.45, 7) is 3.43. The lowest BCUT2D eigenvalue weighted by atomic mass is 10.0. The molecule has 6 heteroatoms. The van der Waals surface area contributed by atoms with Crippen LogP contribution in [0.1, 0.15) is 31.2 Å². The van der Waals surface area contributed by atoms with Gasteiger partial charge in [0.2, 0.25) is 0 Å². The Bertz CT molecular complexity index is 1310. The third kappa shape index (κ3) is 6.64. The van der Waals surface area contributed by atoms with Crippen LogP contribution in [0.15, 0.2) is 79.0 Å². The Morgan fingerprint density at radius 2 is 1.56 bits per heavy atom. The number of hydrogen-bond acceptors (Lipinski definition) is 4. The van der Waals surface area contributed by atoms with Gasteiger partial charge in [0.05, 0.1) is 19.4 Å². The Morgan fingerprint density at radius 3 is 2.19 bits per heavy atom. The number of carbonyl (C=O) groups is 1. The number of rotatable bonds is 10. The van der Waals surface area contributed by atoms with Crippen LogP contribution in [-0.2, 0) is 16.1 Å². The summed E-state index contributed by atoms with van der Waals surface area (Å²) in [7, 11) is 1.39. The van der Waals surface area contributed by atoms with Crippen molar-refractivity contribution in [2.75, 3.05) is 13.7 Å². The Kier molecular flexibility index (Phi) is 8.58. The van der Waals surface area contributed by atoms with Crippen LogP contribution in [0.25, 0.3) is 34.5 Å². The summed E-state index contributed by atoms with van der Waals surface area (Å²) in [6, 6.07) is 24.1. The van der Waals surface area contributed by atoms with Gasteiger partial charge in [0.15, 0.2) is 0 Å². The maximum atomic E-state index is 11.2. The van der Waals surface area contributed by atoms with Crippen molar-refractivity contribution in [2.45, 2.75) is 26.3 Å². The first-order chi connectivity index (χ1) is 17.6. The molecule has 3 aromatic carbocycles. The zero-order valence-electron chi connectivity index (χ0n) is 20.5. The number of carbonyl (C=O) groups excluding carboxylic acids is 1. The maximum absolute atomic E-state index is 11.2. The van der Waals surface area contributed by atoms with E-state index in [1.54, 1.807) is 0 Å². The summed E-state index contributed by atoms with van der Waals surface area (Å²) in [5.74, 6) is 1.48. The number of imidazole rings is 1. The quantitative estimate of drug-likeness (QED) is 0.168. The van der Waals surface area contributed by atoms with Crippen LogP contribution in [0, 0.1) is 0 Å². The number of aromatic nitrogens is 2. The molecule has 0 aliphatic rings. The SMILES string of the molecule is CCn1cc(-c2ccc(Cl)cc2)nc1/C=C/c1ccc(-c2ccc(OCCCC(=O)OC)cc2)cc1. The molecule has 36 heavy (non-hydrogen) atoms. The van der Waals surface area contributed by atoms with Crippen molar-refractivity contribution < 1.29 is 14.3 Å². The van der Waals surface area contributed by atoms with E-state index in [1.165, 1.54) is 7.11 Å². The number of hydrogen-bond donors (Lipinski definition) is 0. The summed E-state index contributed by atoms with van der Waals surface area (Å²) in [5.41, 5.74) is 5.32. The zero-order valence-corrected chi connectivity index (χ0v) is 21.2. The molecular weight excluding hydrogens is 472 g/mol. The van der Waals surface area contributed by atoms with E-state index in [-0.39, 0.29) is 5.97 Å². The molecule has 0 saturated carbocycles. The molecule has 0 N–H and O–H groups in total. The van der Waals surface area contributed by atoms with E-state index in [4.69, 9.17) is 21.3 Å². The number of halogens is 1. The van der Waals surface area contributed by atoms with Gasteiger partial charge in [-0.25, -0.2) is 4.98 Å². The van der Waals surface area contributed by atoms with E-state index >= 15 is 0 Å². The highest BCUT2D eigenvalue weighted by Crippen LogP contribution is 2.25. The number of benzene rings is 3. The summed E-state index contributed by atoms with van der Waals surface area (Å²) in [6.07, 6.45) is 7.18. The van der Waals surface area contributed by atoms with E-state index in [0.717, 1.165) is 46.1 Å². The predicted molar refractivity (Wildman–Crippen MR) is 146 cm³/mol. The normalized spacial score (nSPS) is 11.1. The number of nitrogens with zero attached hydrogens (tertiary/aromatic N) is 2. The lowest BCUT2D eigenvalue weighted by Gasteiger charge is -2.07. The number of methoxy groups -OCH3 is 1. The van der Waals surface area contributed by atoms with E-state index in [9.17, 15) is 4.79 Å². The smallest absolute Gasteiger partial charge is 0.305 e. The van der Waals surface area contributed by atoms with Crippen LogP contribution in [0.4, 0.5) is 0 Å². The lowest BCUT2D eigenvalue weighted by molar-refractivity contribution is -0.140. The minimum Gasteiger partial charge on any atom is -0.494 e. The van der Waals surface area contributed by atoms with Crippen molar-refractivity contribution in [1.29, 1.82) is 0 Å². The first-order valence-corrected chi connectivity index (χ1v) is 12.3. The summed E-state index contributed by atoms with van der Waals surface area (Å²) in [4.78, 5) is 16.0. The van der Waals surface area contributed by atoms with Crippen molar-refractivity contribution >= 4 is 29.7 Å². The van der Waals surface area contributed by atoms with Gasteiger partial charge < -0.3 is 14.0 Å². The first kappa shape index (κ1) is 25.3. The summed E-state index contributed by atoms with van der Waals surface area (Å²) in [5, 5.41) is 0.717. The van der Waals surface area contributed by atoms with Gasteiger partial charge in [-0.3, -0.25) is 4.79 Å². The van der Waals surface area contributed by atoms with Gasteiger partial charge in [0.1, 0.15) is 11.6 Å². The highest BCUT2D eigenvalue weighted by atomic mass is 35.5. The molecule has 4 aromatic rings. The first-order valence-electron chi connectivity index (χ1n) is 12.0. The Balaban J connectivity index is 1.38. The van der Waals surface area contributed by atoms with E-state index in [1.807, 2.05) is 54.6 Å². The highest BCUT2D eigenvalue weighted by Gasteiger charge is 2.07. The van der Waals surface area contributed by atoms with Crippen molar-refractivity contribution in [3.8, 4) is 28.1 Å². The Morgan fingerprint density at radius 1 is 0.917 bits per heavy atom. The molecule has 1 aromatic heterocycles. The molecule has 0 aliphatic heterocycles. The van der Waals surface area contributed by atoms with Crippen molar-refractivity contribution in [3.05, 3.63) is 95.4 Å². The molecule has 0 atom stereocenters. The molecule has 184 valence electrons. The van der Waals surface area contributed by atoms with Gasteiger partial charge in [-0.1, -0.05) is 66.2 Å². The number of esters is 1. The maximum Gasteiger partial charge on any atom is 0.305 e. The average molecular weight is 501 g/mol. The molecule has 0 radical (unpaired) electrons. The van der Waals surface area contributed by atoms with Gasteiger partial charge in [-0.05, 0) is 60.4 Å². The van der Waals surface area contributed by atoms with Gasteiger partial charge >= 0.3 is 5.97 Å². The molecule has 0 saturated heterocycles. The molecule has 0 bridgehead atoms. The van der Waals surface area contributed by atoms with Gasteiger partial charge in [-0.15, -0.1) is 0 Å². The minimum atomic E-state index is -0.217. The molecule has 0 spiro atoms.